The average molecular weight is 340 g/mol. The molecule has 2 nitrogen and oxygen atoms in total. The maximum absolute atomic E-state index is 6.47. The van der Waals surface area contributed by atoms with Crippen LogP contribution >= 0.6 is 15.9 Å². The number of halogens is 1. The molecule has 1 aromatic rings. The monoisotopic (exact) mass is 339 g/mol. The minimum Gasteiger partial charge on any atom is -0.496 e. The number of rotatable bonds is 5. The largest absolute Gasteiger partial charge is 0.496 e. The molecule has 2 rings (SSSR count). The summed E-state index contributed by atoms with van der Waals surface area (Å²) in [6.07, 6.45) is 7.51. The van der Waals surface area contributed by atoms with Gasteiger partial charge in [0, 0.05) is 10.5 Å². The number of hydrogen-bond acceptors (Lipinski definition) is 2. The zero-order chi connectivity index (χ0) is 14.5. The Bertz CT molecular complexity index is 427. The highest BCUT2D eigenvalue weighted by Crippen LogP contribution is 2.34. The van der Waals surface area contributed by atoms with Crippen LogP contribution in [0.2, 0.25) is 0 Å². The summed E-state index contributed by atoms with van der Waals surface area (Å²) in [6.45, 7) is 2.30. The predicted molar refractivity (Wildman–Crippen MR) is 88.1 cm³/mol. The fourth-order valence-electron chi connectivity index (χ4n) is 3.35. The maximum Gasteiger partial charge on any atom is 0.122 e. The van der Waals surface area contributed by atoms with Gasteiger partial charge in [-0.3, -0.25) is 0 Å². The summed E-state index contributed by atoms with van der Waals surface area (Å²) in [7, 11) is 1.73. The third kappa shape index (κ3) is 3.98. The normalized spacial score (nSPS) is 24.4. The minimum atomic E-state index is 0.246. The first-order valence-corrected chi connectivity index (χ1v) is 8.51. The van der Waals surface area contributed by atoms with E-state index < -0.39 is 0 Å². The van der Waals surface area contributed by atoms with Gasteiger partial charge in [-0.1, -0.05) is 42.1 Å². The van der Waals surface area contributed by atoms with Crippen LogP contribution in [-0.2, 0) is 6.42 Å². The molecule has 0 aliphatic heterocycles. The zero-order valence-corrected chi connectivity index (χ0v) is 14.2. The molecule has 1 unspecified atom stereocenters. The summed E-state index contributed by atoms with van der Waals surface area (Å²) >= 11 is 3.53. The minimum absolute atomic E-state index is 0.246. The van der Waals surface area contributed by atoms with E-state index in [9.17, 15) is 0 Å². The Labute approximate surface area is 131 Å². The van der Waals surface area contributed by atoms with Crippen LogP contribution in [0.4, 0.5) is 0 Å². The third-order valence-corrected chi connectivity index (χ3v) is 5.27. The highest BCUT2D eigenvalue weighted by Gasteiger charge is 2.25. The molecule has 0 saturated heterocycles. The van der Waals surface area contributed by atoms with Gasteiger partial charge in [0.2, 0.25) is 0 Å². The van der Waals surface area contributed by atoms with Crippen molar-refractivity contribution in [3.05, 3.63) is 28.2 Å². The fourth-order valence-corrected chi connectivity index (χ4v) is 3.76. The molecular formula is C17H26BrNO. The predicted octanol–water partition coefficient (Wildman–Crippen LogP) is 4.54. The number of methoxy groups -OCH3 is 1. The van der Waals surface area contributed by atoms with Crippen LogP contribution in [-0.4, -0.2) is 13.2 Å². The lowest BCUT2D eigenvalue weighted by atomic mass is 9.76. The van der Waals surface area contributed by atoms with Crippen molar-refractivity contribution in [3.8, 4) is 5.75 Å². The highest BCUT2D eigenvalue weighted by atomic mass is 79.9. The Hall–Kier alpha value is -0.540. The number of benzene rings is 1. The molecule has 0 bridgehead atoms. The van der Waals surface area contributed by atoms with Crippen molar-refractivity contribution in [1.82, 2.24) is 0 Å². The van der Waals surface area contributed by atoms with Gasteiger partial charge in [-0.2, -0.15) is 0 Å². The van der Waals surface area contributed by atoms with Crippen LogP contribution in [0.5, 0.6) is 5.75 Å². The van der Waals surface area contributed by atoms with Gasteiger partial charge in [-0.05, 0) is 54.9 Å². The van der Waals surface area contributed by atoms with Crippen LogP contribution < -0.4 is 10.5 Å². The summed E-state index contributed by atoms with van der Waals surface area (Å²) in [5.74, 6) is 2.55. The first-order chi connectivity index (χ1) is 9.63. The topological polar surface area (TPSA) is 35.2 Å². The molecule has 1 aliphatic carbocycles. The molecule has 1 fully saturated rings. The Kier molecular flexibility index (Phi) is 5.91. The summed E-state index contributed by atoms with van der Waals surface area (Å²) in [4.78, 5) is 0. The second-order valence-corrected chi connectivity index (χ2v) is 6.93. The second-order valence-electron chi connectivity index (χ2n) is 6.01. The van der Waals surface area contributed by atoms with Crippen LogP contribution in [0.3, 0.4) is 0 Å². The van der Waals surface area contributed by atoms with Crippen LogP contribution in [0.15, 0.2) is 22.7 Å². The van der Waals surface area contributed by atoms with Gasteiger partial charge in [0.25, 0.3) is 0 Å². The van der Waals surface area contributed by atoms with Gasteiger partial charge in [0.1, 0.15) is 5.75 Å². The molecule has 0 radical (unpaired) electrons. The summed E-state index contributed by atoms with van der Waals surface area (Å²) in [5, 5.41) is 0. The molecule has 2 N–H and O–H groups in total. The molecule has 0 spiro atoms. The summed E-state index contributed by atoms with van der Waals surface area (Å²) in [5.41, 5.74) is 7.68. The highest BCUT2D eigenvalue weighted by molar-refractivity contribution is 9.10. The first kappa shape index (κ1) is 15.8. The van der Waals surface area contributed by atoms with Gasteiger partial charge in [-0.15, -0.1) is 0 Å². The van der Waals surface area contributed by atoms with Crippen LogP contribution in [0.25, 0.3) is 0 Å². The molecule has 1 aliphatic rings. The van der Waals surface area contributed by atoms with E-state index in [0.717, 1.165) is 22.6 Å². The molecule has 0 aromatic heterocycles. The van der Waals surface area contributed by atoms with E-state index in [-0.39, 0.29) is 6.04 Å². The Balaban J connectivity index is 1.97. The van der Waals surface area contributed by atoms with E-state index in [4.69, 9.17) is 10.5 Å². The van der Waals surface area contributed by atoms with Gasteiger partial charge in [0.05, 0.1) is 7.11 Å². The molecule has 1 aromatic carbocycles. The average Bonchev–Trinajstić information content (AvgIpc) is 2.47. The SMILES string of the molecule is CCC1CCC(C(N)Cc2cc(Br)ccc2OC)CC1. The van der Waals surface area contributed by atoms with E-state index in [2.05, 4.69) is 28.9 Å². The van der Waals surface area contributed by atoms with Crippen molar-refractivity contribution in [2.75, 3.05) is 7.11 Å². The van der Waals surface area contributed by atoms with Crippen molar-refractivity contribution in [2.24, 2.45) is 17.6 Å². The fraction of sp³-hybridized carbons (Fsp3) is 0.647. The van der Waals surface area contributed by atoms with Gasteiger partial charge >= 0.3 is 0 Å². The van der Waals surface area contributed by atoms with Crippen LogP contribution in [0, 0.1) is 11.8 Å². The van der Waals surface area contributed by atoms with Crippen molar-refractivity contribution in [2.45, 2.75) is 51.5 Å². The standard InChI is InChI=1S/C17H26BrNO/c1-3-12-4-6-13(7-5-12)16(19)11-14-10-15(18)8-9-17(14)20-2/h8-10,12-13,16H,3-7,11,19H2,1-2H3. The van der Waals surface area contributed by atoms with E-state index in [1.807, 2.05) is 12.1 Å². The molecular weight excluding hydrogens is 314 g/mol. The van der Waals surface area contributed by atoms with E-state index in [0.29, 0.717) is 5.92 Å². The first-order valence-electron chi connectivity index (χ1n) is 7.72. The lowest BCUT2D eigenvalue weighted by molar-refractivity contribution is 0.237. The number of hydrogen-bond donors (Lipinski definition) is 1. The molecule has 20 heavy (non-hydrogen) atoms. The number of nitrogens with two attached hydrogens (primary N) is 1. The zero-order valence-electron chi connectivity index (χ0n) is 12.6. The maximum atomic E-state index is 6.47. The Morgan fingerprint density at radius 2 is 2.00 bits per heavy atom. The van der Waals surface area contributed by atoms with Crippen LogP contribution in [0.1, 0.15) is 44.6 Å². The van der Waals surface area contributed by atoms with Crippen molar-refractivity contribution < 1.29 is 4.74 Å². The van der Waals surface area contributed by atoms with Crippen molar-refractivity contribution in [3.63, 3.8) is 0 Å². The van der Waals surface area contributed by atoms with E-state index >= 15 is 0 Å². The molecule has 112 valence electrons. The van der Waals surface area contributed by atoms with Gasteiger partial charge < -0.3 is 10.5 Å². The van der Waals surface area contributed by atoms with Gasteiger partial charge in [0.15, 0.2) is 0 Å². The number of ether oxygens (including phenoxy) is 1. The smallest absolute Gasteiger partial charge is 0.122 e. The van der Waals surface area contributed by atoms with Gasteiger partial charge in [-0.25, -0.2) is 0 Å². The second kappa shape index (κ2) is 7.46. The summed E-state index contributed by atoms with van der Waals surface area (Å²) in [6, 6.07) is 6.41. The summed E-state index contributed by atoms with van der Waals surface area (Å²) < 4.78 is 6.54. The lowest BCUT2D eigenvalue weighted by Gasteiger charge is -2.32. The Morgan fingerprint density at radius 1 is 1.30 bits per heavy atom. The lowest BCUT2D eigenvalue weighted by Crippen LogP contribution is -2.35. The Morgan fingerprint density at radius 3 is 2.60 bits per heavy atom. The van der Waals surface area contributed by atoms with E-state index in [1.54, 1.807) is 7.11 Å². The molecule has 3 heteroatoms. The molecule has 1 saturated carbocycles. The third-order valence-electron chi connectivity index (χ3n) is 4.77. The van der Waals surface area contributed by atoms with Crippen molar-refractivity contribution >= 4 is 15.9 Å². The van der Waals surface area contributed by atoms with E-state index in [1.165, 1.54) is 37.7 Å². The molecule has 1 atom stereocenters. The quantitative estimate of drug-likeness (QED) is 0.854. The molecule has 0 amide bonds. The van der Waals surface area contributed by atoms with Crippen molar-refractivity contribution in [1.29, 1.82) is 0 Å². The molecule has 0 heterocycles.